The van der Waals surface area contributed by atoms with Crippen molar-refractivity contribution in [2.24, 2.45) is 4.99 Å². The Hall–Kier alpha value is -1.62. The fourth-order valence-corrected chi connectivity index (χ4v) is 4.87. The van der Waals surface area contributed by atoms with Crippen LogP contribution in [0.2, 0.25) is 5.02 Å². The maximum absolute atomic E-state index is 14.5. The minimum atomic E-state index is -0.592. The molecule has 1 aliphatic rings. The Bertz CT molecular complexity index is 1020. The lowest BCUT2D eigenvalue weighted by Crippen LogP contribution is -2.31. The molecule has 1 atom stereocenters. The summed E-state index contributed by atoms with van der Waals surface area (Å²) in [5, 5.41) is -0.363. The van der Waals surface area contributed by atoms with Crippen molar-refractivity contribution in [1.29, 1.82) is 0 Å². The Morgan fingerprint density at radius 3 is 2.79 bits per heavy atom. The van der Waals surface area contributed by atoms with Gasteiger partial charge in [-0.1, -0.05) is 11.6 Å². The highest BCUT2D eigenvalue weighted by atomic mass is 35.5. The Balaban J connectivity index is 1.87. The van der Waals surface area contributed by atoms with Crippen molar-refractivity contribution < 1.29 is 18.7 Å². The van der Waals surface area contributed by atoms with E-state index in [0.717, 1.165) is 35.9 Å². The summed E-state index contributed by atoms with van der Waals surface area (Å²) in [5.74, 6) is -1.01. The third-order valence-corrected chi connectivity index (χ3v) is 6.71. The van der Waals surface area contributed by atoms with Crippen LogP contribution in [0.15, 0.2) is 26.8 Å². The van der Waals surface area contributed by atoms with Gasteiger partial charge in [-0.15, -0.1) is 11.8 Å². The summed E-state index contributed by atoms with van der Waals surface area (Å²) in [7, 11) is 1.52. The molecule has 1 unspecified atom stereocenters. The largest absolute Gasteiger partial charge is 0.462 e. The van der Waals surface area contributed by atoms with Gasteiger partial charge < -0.3 is 9.47 Å². The number of aromatic nitrogens is 2. The van der Waals surface area contributed by atoms with Crippen LogP contribution in [0.1, 0.15) is 19.8 Å². The van der Waals surface area contributed by atoms with Crippen LogP contribution < -0.4 is 9.67 Å². The van der Waals surface area contributed by atoms with E-state index in [1.165, 1.54) is 19.2 Å². The smallest absolute Gasteiger partial charge is 0.325 e. The molecule has 0 saturated heterocycles. The van der Waals surface area contributed by atoms with Gasteiger partial charge in [0.1, 0.15) is 23.4 Å². The number of carbonyl (C=O) groups is 1. The van der Waals surface area contributed by atoms with E-state index >= 15 is 0 Å². The molecule has 0 saturated carbocycles. The quantitative estimate of drug-likeness (QED) is 0.359. The Morgan fingerprint density at radius 1 is 1.34 bits per heavy atom. The van der Waals surface area contributed by atoms with E-state index in [-0.39, 0.29) is 22.2 Å². The highest BCUT2D eigenvalue weighted by Crippen LogP contribution is 2.35. The fraction of sp³-hybridized carbons (Fsp3) is 0.500. The zero-order valence-electron chi connectivity index (χ0n) is 16.0. The number of thioether (sulfide) groups is 1. The number of rotatable bonds is 7. The predicted molar refractivity (Wildman–Crippen MR) is 111 cm³/mol. The molecule has 11 heteroatoms. The lowest BCUT2D eigenvalue weighted by molar-refractivity contribution is -0.143. The molecule has 29 heavy (non-hydrogen) atoms. The summed E-state index contributed by atoms with van der Waals surface area (Å²) < 4.78 is 27.9. The molecule has 1 aromatic carbocycles. The summed E-state index contributed by atoms with van der Waals surface area (Å²) in [4.78, 5) is 29.4. The number of esters is 1. The monoisotopic (exact) mass is 461 g/mol. The molecule has 2 aromatic rings. The molecule has 3 rings (SSSR count). The number of methoxy groups -OCH3 is 1. The van der Waals surface area contributed by atoms with Gasteiger partial charge in [0.2, 0.25) is 4.80 Å². The topological polar surface area (TPSA) is 74.8 Å². The number of nitrogens with zero attached hydrogens (tertiary/aromatic N) is 3. The fourth-order valence-electron chi connectivity index (χ4n) is 2.80. The van der Waals surface area contributed by atoms with E-state index in [1.807, 2.05) is 0 Å². The molecule has 1 aliphatic heterocycles. The van der Waals surface area contributed by atoms with Crippen molar-refractivity contribution in [3.63, 3.8) is 0 Å². The first-order chi connectivity index (χ1) is 13.9. The summed E-state index contributed by atoms with van der Waals surface area (Å²) in [6.07, 6.45) is 1.88. The number of hydrogen-bond donors (Lipinski definition) is 0. The molecule has 1 aromatic heterocycles. The third kappa shape index (κ3) is 5.30. The van der Waals surface area contributed by atoms with Crippen molar-refractivity contribution in [2.75, 3.05) is 20.3 Å². The van der Waals surface area contributed by atoms with Gasteiger partial charge in [0.25, 0.3) is 0 Å². The van der Waals surface area contributed by atoms with Gasteiger partial charge in [-0.05, 0) is 43.2 Å². The van der Waals surface area contributed by atoms with Crippen molar-refractivity contribution in [1.82, 2.24) is 9.36 Å². The number of benzene rings is 1. The normalized spacial score (nSPS) is 15.2. The lowest BCUT2D eigenvalue weighted by Gasteiger charge is -2.16. The van der Waals surface area contributed by atoms with E-state index in [4.69, 9.17) is 21.1 Å². The zero-order valence-corrected chi connectivity index (χ0v) is 18.4. The van der Waals surface area contributed by atoms with Crippen LogP contribution in [0.5, 0.6) is 0 Å². The molecule has 2 heterocycles. The van der Waals surface area contributed by atoms with Gasteiger partial charge in [-0.3, -0.25) is 14.3 Å². The highest BCUT2D eigenvalue weighted by Gasteiger charge is 2.19. The molecule has 0 radical (unpaired) electrons. The summed E-state index contributed by atoms with van der Waals surface area (Å²) in [5.41, 5.74) is 0.0690. The van der Waals surface area contributed by atoms with Gasteiger partial charge in [-0.2, -0.15) is 0 Å². The van der Waals surface area contributed by atoms with E-state index in [9.17, 15) is 14.0 Å². The highest BCUT2D eigenvalue weighted by molar-refractivity contribution is 8.00. The number of hydrogen-bond acceptors (Lipinski definition) is 7. The summed E-state index contributed by atoms with van der Waals surface area (Å²) in [6.45, 7) is 3.46. The molecule has 0 bridgehead atoms. The summed E-state index contributed by atoms with van der Waals surface area (Å²) in [6, 6.07) is 2.66. The average molecular weight is 462 g/mol. The number of fused-ring (bicyclic) bond motifs is 1. The lowest BCUT2D eigenvalue weighted by atomic mass is 10.3. The van der Waals surface area contributed by atoms with Crippen LogP contribution >= 0.6 is 34.7 Å². The van der Waals surface area contributed by atoms with E-state index in [2.05, 4.69) is 4.99 Å². The van der Waals surface area contributed by atoms with Crippen molar-refractivity contribution >= 4 is 46.4 Å². The van der Waals surface area contributed by atoms with Crippen molar-refractivity contribution in [3.8, 4) is 0 Å². The number of halogens is 2. The molecule has 0 N–H and O–H groups in total. The second kappa shape index (κ2) is 9.92. The molecule has 0 aliphatic carbocycles. The van der Waals surface area contributed by atoms with E-state index in [1.54, 1.807) is 16.3 Å². The molecule has 158 valence electrons. The van der Waals surface area contributed by atoms with Gasteiger partial charge in [0, 0.05) is 25.1 Å². The van der Waals surface area contributed by atoms with Crippen LogP contribution in [0, 0.1) is 5.82 Å². The van der Waals surface area contributed by atoms with Gasteiger partial charge in [0.05, 0.1) is 11.6 Å². The van der Waals surface area contributed by atoms with Gasteiger partial charge in [-0.25, -0.2) is 14.1 Å². The van der Waals surface area contributed by atoms with Gasteiger partial charge in [0.15, 0.2) is 0 Å². The number of ether oxygens (including phenoxy) is 2. The predicted octanol–water partition coefficient (Wildman–Crippen LogP) is 3.20. The maximum Gasteiger partial charge on any atom is 0.325 e. The Labute approximate surface area is 180 Å². The first kappa shape index (κ1) is 22.1. The molecule has 0 fully saturated rings. The number of carbonyl (C=O) groups excluding carboxylic acids is 1. The first-order valence-corrected chi connectivity index (χ1v) is 11.1. The zero-order chi connectivity index (χ0) is 21.0. The van der Waals surface area contributed by atoms with Crippen molar-refractivity contribution in [3.05, 3.63) is 37.4 Å². The van der Waals surface area contributed by atoms with Crippen LogP contribution in [0.25, 0.3) is 0 Å². The molecular formula is C18H21ClFN3O4S2. The second-order valence-electron chi connectivity index (χ2n) is 6.37. The second-order valence-corrected chi connectivity index (χ2v) is 9.08. The van der Waals surface area contributed by atoms with Gasteiger partial charge >= 0.3 is 10.8 Å². The minimum absolute atomic E-state index is 0.0690. The molecular weight excluding hydrogens is 441 g/mol. The molecule has 0 amide bonds. The van der Waals surface area contributed by atoms with Crippen LogP contribution in [0.4, 0.5) is 10.1 Å². The Kier molecular flexibility index (Phi) is 7.55. The van der Waals surface area contributed by atoms with E-state index in [0.29, 0.717) is 29.4 Å². The Morgan fingerprint density at radius 2 is 2.07 bits per heavy atom. The van der Waals surface area contributed by atoms with Crippen molar-refractivity contribution in [2.45, 2.75) is 43.0 Å². The maximum atomic E-state index is 14.5. The SMILES string of the molecule is COCCOC(=O)C(C)Sc1cc(N=c2sc(=O)n3n2CCCC3)c(F)cc1Cl. The first-order valence-electron chi connectivity index (χ1n) is 9.07. The summed E-state index contributed by atoms with van der Waals surface area (Å²) >= 11 is 8.31. The van der Waals surface area contributed by atoms with E-state index < -0.39 is 17.0 Å². The van der Waals surface area contributed by atoms with Crippen LogP contribution in [-0.2, 0) is 27.4 Å². The third-order valence-electron chi connectivity index (χ3n) is 4.28. The molecule has 0 spiro atoms. The standard InChI is InChI=1S/C18H21ClFN3O4S2/c1-11(16(24)27-8-7-26-2)28-15-10-14(13(20)9-12(15)19)21-17-22-5-3-4-6-23(22)18(25)29-17/h9-11H,3-8H2,1-2H3. The van der Waals surface area contributed by atoms with Crippen LogP contribution in [0.3, 0.4) is 0 Å². The average Bonchev–Trinajstić information content (AvgIpc) is 3.01. The molecule has 7 nitrogen and oxygen atoms in total. The van der Waals surface area contributed by atoms with Crippen LogP contribution in [-0.4, -0.2) is 40.9 Å². The minimum Gasteiger partial charge on any atom is -0.462 e.